The molecular formula is C10H10F4N4O2. The van der Waals surface area contributed by atoms with Gasteiger partial charge in [-0.25, -0.2) is 9.18 Å². The molecule has 6 nitrogen and oxygen atoms in total. The molecule has 0 aromatic heterocycles. The number of hydrogen-bond acceptors (Lipinski definition) is 3. The largest absolute Gasteiger partial charge is 0.409 e. The first kappa shape index (κ1) is 15.5. The van der Waals surface area contributed by atoms with Crippen LogP contribution in [0.4, 0.5) is 28.0 Å². The van der Waals surface area contributed by atoms with Crippen LogP contribution in [0.5, 0.6) is 0 Å². The maximum atomic E-state index is 13.3. The van der Waals surface area contributed by atoms with Gasteiger partial charge in [-0.05, 0) is 18.2 Å². The number of nitrogens with zero attached hydrogens (tertiary/aromatic N) is 1. The van der Waals surface area contributed by atoms with E-state index in [4.69, 9.17) is 10.9 Å². The average molecular weight is 294 g/mol. The number of hydrogen-bond donors (Lipinski definition) is 4. The Balaban J connectivity index is 2.76. The molecule has 0 saturated carbocycles. The first-order valence-corrected chi connectivity index (χ1v) is 5.12. The van der Waals surface area contributed by atoms with Crippen LogP contribution in [0.15, 0.2) is 23.4 Å². The van der Waals surface area contributed by atoms with Crippen molar-refractivity contribution in [3.05, 3.63) is 29.6 Å². The second-order valence-corrected chi connectivity index (χ2v) is 3.60. The molecule has 10 heteroatoms. The van der Waals surface area contributed by atoms with Gasteiger partial charge in [0.2, 0.25) is 0 Å². The van der Waals surface area contributed by atoms with Gasteiger partial charge in [0.25, 0.3) is 0 Å². The summed E-state index contributed by atoms with van der Waals surface area (Å²) in [5.74, 6) is -1.36. The third kappa shape index (κ3) is 4.63. The Morgan fingerprint density at radius 2 is 2.05 bits per heavy atom. The van der Waals surface area contributed by atoms with E-state index < -0.39 is 30.4 Å². The van der Waals surface area contributed by atoms with Gasteiger partial charge in [0.05, 0.1) is 5.56 Å². The summed E-state index contributed by atoms with van der Waals surface area (Å²) in [4.78, 5) is 11.2. The van der Waals surface area contributed by atoms with Gasteiger partial charge < -0.3 is 21.6 Å². The summed E-state index contributed by atoms with van der Waals surface area (Å²) in [6.45, 7) is -1.51. The molecule has 1 aromatic carbocycles. The molecule has 0 radical (unpaired) electrons. The summed E-state index contributed by atoms with van der Waals surface area (Å²) >= 11 is 0. The van der Waals surface area contributed by atoms with Gasteiger partial charge >= 0.3 is 12.2 Å². The third-order valence-electron chi connectivity index (χ3n) is 2.06. The number of nitrogens with two attached hydrogens (primary N) is 1. The molecule has 1 aromatic rings. The molecule has 20 heavy (non-hydrogen) atoms. The van der Waals surface area contributed by atoms with Gasteiger partial charge in [-0.15, -0.1) is 0 Å². The lowest BCUT2D eigenvalue weighted by Gasteiger charge is -2.10. The Morgan fingerprint density at radius 1 is 1.40 bits per heavy atom. The van der Waals surface area contributed by atoms with Crippen molar-refractivity contribution in [2.45, 2.75) is 6.18 Å². The van der Waals surface area contributed by atoms with Crippen LogP contribution in [0.2, 0.25) is 0 Å². The summed E-state index contributed by atoms with van der Waals surface area (Å²) < 4.78 is 48.9. The summed E-state index contributed by atoms with van der Waals surface area (Å²) in [6.07, 6.45) is -4.54. The maximum absolute atomic E-state index is 13.3. The van der Waals surface area contributed by atoms with Gasteiger partial charge in [-0.1, -0.05) is 5.16 Å². The molecule has 0 unspecified atom stereocenters. The summed E-state index contributed by atoms with van der Waals surface area (Å²) in [6, 6.07) is 1.90. The lowest BCUT2D eigenvalue weighted by atomic mass is 10.1. The summed E-state index contributed by atoms with van der Waals surface area (Å²) in [5.41, 5.74) is 4.87. The van der Waals surface area contributed by atoms with Crippen molar-refractivity contribution in [2.75, 3.05) is 11.9 Å². The number of rotatable bonds is 3. The van der Waals surface area contributed by atoms with Gasteiger partial charge in [0.1, 0.15) is 12.4 Å². The second kappa shape index (κ2) is 6.08. The van der Waals surface area contributed by atoms with E-state index in [-0.39, 0.29) is 11.3 Å². The van der Waals surface area contributed by atoms with Crippen molar-refractivity contribution in [3.63, 3.8) is 0 Å². The van der Waals surface area contributed by atoms with E-state index in [0.717, 1.165) is 18.2 Å². The molecule has 0 heterocycles. The predicted octanol–water partition coefficient (Wildman–Crippen LogP) is 1.60. The predicted molar refractivity (Wildman–Crippen MR) is 62.0 cm³/mol. The van der Waals surface area contributed by atoms with Crippen LogP contribution in [-0.4, -0.2) is 29.8 Å². The van der Waals surface area contributed by atoms with Gasteiger partial charge in [0, 0.05) is 5.69 Å². The lowest BCUT2D eigenvalue weighted by Crippen LogP contribution is -2.36. The Labute approximate surface area is 110 Å². The molecule has 0 bridgehead atoms. The molecule has 0 spiro atoms. The first-order chi connectivity index (χ1) is 9.23. The Kier molecular flexibility index (Phi) is 4.73. The lowest BCUT2D eigenvalue weighted by molar-refractivity contribution is -0.122. The third-order valence-corrected chi connectivity index (χ3v) is 2.06. The minimum Gasteiger partial charge on any atom is -0.409 e. The SMILES string of the molecule is N/C(=N/O)c1cc(NC(=O)NCC(F)(F)F)ccc1F. The highest BCUT2D eigenvalue weighted by molar-refractivity contribution is 5.99. The van der Waals surface area contributed by atoms with Crippen LogP contribution < -0.4 is 16.4 Å². The van der Waals surface area contributed by atoms with E-state index >= 15 is 0 Å². The number of carbonyl (C=O) groups excluding carboxylic acids is 1. The minimum absolute atomic E-state index is 0.0207. The zero-order valence-electron chi connectivity index (χ0n) is 9.83. The molecule has 0 aliphatic carbocycles. The zero-order valence-corrected chi connectivity index (χ0v) is 9.83. The van der Waals surface area contributed by atoms with E-state index in [2.05, 4.69) is 10.5 Å². The quantitative estimate of drug-likeness (QED) is 0.224. The number of benzene rings is 1. The van der Waals surface area contributed by atoms with Crippen molar-refractivity contribution >= 4 is 17.6 Å². The van der Waals surface area contributed by atoms with E-state index in [1.807, 2.05) is 0 Å². The van der Waals surface area contributed by atoms with Gasteiger partial charge in [0.15, 0.2) is 5.84 Å². The molecular weight excluding hydrogens is 284 g/mol. The van der Waals surface area contributed by atoms with E-state index in [1.165, 1.54) is 0 Å². The second-order valence-electron chi connectivity index (χ2n) is 3.60. The maximum Gasteiger partial charge on any atom is 0.405 e. The summed E-state index contributed by atoms with van der Waals surface area (Å²) in [7, 11) is 0. The highest BCUT2D eigenvalue weighted by atomic mass is 19.4. The number of oxime groups is 1. The van der Waals surface area contributed by atoms with Crippen LogP contribution in [0, 0.1) is 5.82 Å². The topological polar surface area (TPSA) is 99.7 Å². The molecule has 110 valence electrons. The Hall–Kier alpha value is -2.52. The van der Waals surface area contributed by atoms with Crippen molar-refractivity contribution in [1.82, 2.24) is 5.32 Å². The number of amidine groups is 1. The Morgan fingerprint density at radius 3 is 2.60 bits per heavy atom. The van der Waals surface area contributed by atoms with Crippen molar-refractivity contribution in [1.29, 1.82) is 0 Å². The minimum atomic E-state index is -4.54. The van der Waals surface area contributed by atoms with Crippen LogP contribution in [0.3, 0.4) is 0 Å². The standard InChI is InChI=1S/C10H10F4N4O2/c11-7-2-1-5(3-6(7)8(15)18-20)17-9(19)16-4-10(12,13)14/h1-3,20H,4H2,(H2,15,18)(H2,16,17,19). The number of alkyl halides is 3. The molecule has 0 saturated heterocycles. The van der Waals surface area contributed by atoms with Gasteiger partial charge in [-0.2, -0.15) is 13.2 Å². The van der Waals surface area contributed by atoms with Crippen LogP contribution >= 0.6 is 0 Å². The zero-order chi connectivity index (χ0) is 15.3. The van der Waals surface area contributed by atoms with Crippen molar-refractivity contribution in [2.24, 2.45) is 10.9 Å². The van der Waals surface area contributed by atoms with Crippen molar-refractivity contribution in [3.8, 4) is 0 Å². The number of nitrogens with one attached hydrogen (secondary N) is 2. The van der Waals surface area contributed by atoms with E-state index in [1.54, 1.807) is 5.32 Å². The number of halogens is 4. The fraction of sp³-hybridized carbons (Fsp3) is 0.200. The van der Waals surface area contributed by atoms with Crippen LogP contribution in [-0.2, 0) is 0 Å². The number of amides is 2. The molecule has 5 N–H and O–H groups in total. The molecule has 0 fully saturated rings. The highest BCUT2D eigenvalue weighted by Gasteiger charge is 2.27. The number of carbonyl (C=O) groups is 1. The monoisotopic (exact) mass is 294 g/mol. The summed E-state index contributed by atoms with van der Waals surface area (Å²) in [5, 5.41) is 14.6. The highest BCUT2D eigenvalue weighted by Crippen LogP contribution is 2.15. The fourth-order valence-electron chi connectivity index (χ4n) is 1.21. The molecule has 0 aliphatic heterocycles. The first-order valence-electron chi connectivity index (χ1n) is 5.12. The van der Waals surface area contributed by atoms with Crippen molar-refractivity contribution < 1.29 is 27.6 Å². The van der Waals surface area contributed by atoms with E-state index in [9.17, 15) is 22.4 Å². The Bertz CT molecular complexity index is 530. The molecule has 0 atom stereocenters. The normalized spacial score (nSPS) is 12.1. The van der Waals surface area contributed by atoms with Gasteiger partial charge in [-0.3, -0.25) is 0 Å². The fourth-order valence-corrected chi connectivity index (χ4v) is 1.21. The molecule has 1 rings (SSSR count). The average Bonchev–Trinajstić information content (AvgIpc) is 2.37. The smallest absolute Gasteiger partial charge is 0.405 e. The molecule has 2 amide bonds. The van der Waals surface area contributed by atoms with Crippen LogP contribution in [0.1, 0.15) is 5.56 Å². The van der Waals surface area contributed by atoms with E-state index in [0.29, 0.717) is 0 Å². The van der Waals surface area contributed by atoms with Crippen LogP contribution in [0.25, 0.3) is 0 Å². The number of anilines is 1. The number of urea groups is 1. The molecule has 0 aliphatic rings.